The van der Waals surface area contributed by atoms with Crippen molar-refractivity contribution in [2.45, 2.75) is 0 Å². The van der Waals surface area contributed by atoms with Crippen molar-refractivity contribution in [3.63, 3.8) is 0 Å². The van der Waals surface area contributed by atoms with Gasteiger partial charge in [0.15, 0.2) is 0 Å². The number of hydrogen-bond acceptors (Lipinski definition) is 4. The molecule has 2 aromatic rings. The van der Waals surface area contributed by atoms with Gasteiger partial charge < -0.3 is 9.64 Å². The number of nitro groups is 1. The minimum absolute atomic E-state index is 0.0511. The molecule has 1 amide bonds. The quantitative estimate of drug-likeness (QED) is 0.588. The van der Waals surface area contributed by atoms with E-state index >= 15 is 0 Å². The highest BCUT2D eigenvalue weighted by Gasteiger charge is 2.19. The topological polar surface area (TPSA) is 72.7 Å². The van der Waals surface area contributed by atoms with Crippen LogP contribution in [0.5, 0.6) is 5.75 Å². The minimum atomic E-state index is -0.593. The molecule has 0 saturated carbocycles. The normalized spacial score (nSPS) is 10.3. The number of carbonyl (C=O) groups is 1. The Bertz CT molecular complexity index is 752. The molecule has 0 N–H and O–H groups in total. The first kappa shape index (κ1) is 17.7. The molecular formula is C16H14ClFN2O4. The summed E-state index contributed by atoms with van der Waals surface area (Å²) in [6, 6.07) is 9.19. The Hall–Kier alpha value is -2.67. The molecular weight excluding hydrogens is 339 g/mol. The maximum atomic E-state index is 12.8. The lowest BCUT2D eigenvalue weighted by Crippen LogP contribution is -2.31. The van der Waals surface area contributed by atoms with Crippen molar-refractivity contribution in [3.8, 4) is 5.75 Å². The summed E-state index contributed by atoms with van der Waals surface area (Å²) in [6.07, 6.45) is 0. The summed E-state index contributed by atoms with van der Waals surface area (Å²) < 4.78 is 18.2. The predicted octanol–water partition coefficient (Wildman–Crippen LogP) is 3.54. The highest BCUT2D eigenvalue weighted by molar-refractivity contribution is 6.33. The van der Waals surface area contributed by atoms with Gasteiger partial charge in [0, 0.05) is 19.2 Å². The van der Waals surface area contributed by atoms with Crippen LogP contribution in [0.2, 0.25) is 5.02 Å². The van der Waals surface area contributed by atoms with Crippen LogP contribution in [0.4, 0.5) is 10.1 Å². The first-order chi connectivity index (χ1) is 11.4. The second-order valence-electron chi connectivity index (χ2n) is 4.95. The molecule has 0 atom stereocenters. The van der Waals surface area contributed by atoms with Crippen LogP contribution in [0.1, 0.15) is 10.4 Å². The molecule has 0 bridgehead atoms. The zero-order valence-electron chi connectivity index (χ0n) is 12.7. The van der Waals surface area contributed by atoms with Crippen molar-refractivity contribution in [2.24, 2.45) is 0 Å². The van der Waals surface area contributed by atoms with Crippen molar-refractivity contribution in [1.82, 2.24) is 4.90 Å². The third-order valence-corrected chi connectivity index (χ3v) is 3.58. The van der Waals surface area contributed by atoms with E-state index < -0.39 is 10.8 Å². The Morgan fingerprint density at radius 1 is 1.29 bits per heavy atom. The molecule has 0 unspecified atom stereocenters. The molecule has 0 aliphatic heterocycles. The number of nitrogens with zero attached hydrogens (tertiary/aromatic N) is 2. The number of hydrogen-bond donors (Lipinski definition) is 0. The molecule has 6 nitrogen and oxygen atoms in total. The molecule has 0 saturated heterocycles. The molecule has 2 rings (SSSR count). The summed E-state index contributed by atoms with van der Waals surface area (Å²) in [4.78, 5) is 23.9. The lowest BCUT2D eigenvalue weighted by molar-refractivity contribution is -0.384. The molecule has 0 aromatic heterocycles. The fourth-order valence-corrected chi connectivity index (χ4v) is 2.13. The zero-order chi connectivity index (χ0) is 17.7. The SMILES string of the molecule is CN(CCOc1ccc(F)cc1)C(=O)c1cc([N+](=O)[O-])ccc1Cl. The summed E-state index contributed by atoms with van der Waals surface area (Å²) in [6.45, 7) is 0.412. The van der Waals surface area contributed by atoms with Crippen LogP contribution in [-0.4, -0.2) is 35.9 Å². The average Bonchev–Trinajstić information content (AvgIpc) is 2.56. The summed E-state index contributed by atoms with van der Waals surface area (Å²) in [5.41, 5.74) is -0.158. The Morgan fingerprint density at radius 3 is 2.58 bits per heavy atom. The molecule has 0 aliphatic carbocycles. The number of halogens is 2. The van der Waals surface area contributed by atoms with Crippen LogP contribution in [0.25, 0.3) is 0 Å². The van der Waals surface area contributed by atoms with Gasteiger partial charge in [-0.2, -0.15) is 0 Å². The number of carbonyl (C=O) groups excluding carboxylic acids is 1. The fraction of sp³-hybridized carbons (Fsp3) is 0.188. The van der Waals surface area contributed by atoms with Crippen LogP contribution in [0.3, 0.4) is 0 Å². The second kappa shape index (κ2) is 7.74. The maximum Gasteiger partial charge on any atom is 0.270 e. The lowest BCUT2D eigenvalue weighted by Gasteiger charge is -2.18. The Morgan fingerprint density at radius 2 is 1.96 bits per heavy atom. The highest BCUT2D eigenvalue weighted by atomic mass is 35.5. The molecule has 126 valence electrons. The van der Waals surface area contributed by atoms with Gasteiger partial charge in [-0.1, -0.05) is 11.6 Å². The van der Waals surface area contributed by atoms with Crippen LogP contribution in [0, 0.1) is 15.9 Å². The predicted molar refractivity (Wildman–Crippen MR) is 87.0 cm³/mol. The first-order valence-corrected chi connectivity index (χ1v) is 7.34. The summed E-state index contributed by atoms with van der Waals surface area (Å²) >= 11 is 5.95. The molecule has 0 spiro atoms. The van der Waals surface area contributed by atoms with Crippen LogP contribution < -0.4 is 4.74 Å². The van der Waals surface area contributed by atoms with Gasteiger partial charge in [0.25, 0.3) is 11.6 Å². The highest BCUT2D eigenvalue weighted by Crippen LogP contribution is 2.23. The largest absolute Gasteiger partial charge is 0.492 e. The van der Waals surface area contributed by atoms with E-state index in [9.17, 15) is 19.3 Å². The van der Waals surface area contributed by atoms with E-state index in [1.54, 1.807) is 0 Å². The van der Waals surface area contributed by atoms with Gasteiger partial charge in [0.2, 0.25) is 0 Å². The van der Waals surface area contributed by atoms with Gasteiger partial charge in [0.05, 0.1) is 22.1 Å². The number of ether oxygens (including phenoxy) is 1. The van der Waals surface area contributed by atoms with Crippen LogP contribution in [0.15, 0.2) is 42.5 Å². The summed E-state index contributed by atoms with van der Waals surface area (Å²) in [5.74, 6) is -0.341. The Kier molecular flexibility index (Phi) is 5.70. The molecule has 2 aromatic carbocycles. The molecule has 0 aliphatic rings. The smallest absolute Gasteiger partial charge is 0.270 e. The maximum absolute atomic E-state index is 12.8. The minimum Gasteiger partial charge on any atom is -0.492 e. The van der Waals surface area contributed by atoms with Gasteiger partial charge >= 0.3 is 0 Å². The lowest BCUT2D eigenvalue weighted by atomic mass is 10.2. The van der Waals surface area contributed by atoms with Gasteiger partial charge in [-0.05, 0) is 30.3 Å². The van der Waals surface area contributed by atoms with Gasteiger partial charge in [-0.15, -0.1) is 0 Å². The monoisotopic (exact) mass is 352 g/mol. The zero-order valence-corrected chi connectivity index (χ0v) is 13.5. The van der Waals surface area contributed by atoms with E-state index in [1.165, 1.54) is 48.3 Å². The molecule has 8 heteroatoms. The van der Waals surface area contributed by atoms with Gasteiger partial charge in [0.1, 0.15) is 18.2 Å². The van der Waals surface area contributed by atoms with Crippen molar-refractivity contribution in [1.29, 1.82) is 0 Å². The number of non-ortho nitro benzene ring substituents is 1. The Labute approximate surface area is 142 Å². The third kappa shape index (κ3) is 4.42. The fourth-order valence-electron chi connectivity index (χ4n) is 1.93. The van der Waals surface area contributed by atoms with E-state index in [4.69, 9.17) is 16.3 Å². The van der Waals surface area contributed by atoms with Gasteiger partial charge in [-0.3, -0.25) is 14.9 Å². The average molecular weight is 353 g/mol. The summed E-state index contributed by atoms with van der Waals surface area (Å²) in [5, 5.41) is 10.9. The van der Waals surface area contributed by atoms with Crippen LogP contribution in [-0.2, 0) is 0 Å². The first-order valence-electron chi connectivity index (χ1n) is 6.96. The number of nitro benzene ring substituents is 1. The molecule has 0 radical (unpaired) electrons. The number of likely N-dealkylation sites (N-methyl/N-ethyl adjacent to an activating group) is 1. The van der Waals surface area contributed by atoms with E-state index in [0.717, 1.165) is 6.07 Å². The van der Waals surface area contributed by atoms with Crippen molar-refractivity contribution < 1.29 is 18.8 Å². The summed E-state index contributed by atoms with van der Waals surface area (Å²) in [7, 11) is 1.53. The molecule has 24 heavy (non-hydrogen) atoms. The Balaban J connectivity index is 1.98. The van der Waals surface area contributed by atoms with E-state index in [0.29, 0.717) is 5.75 Å². The van der Waals surface area contributed by atoms with E-state index in [1.807, 2.05) is 0 Å². The third-order valence-electron chi connectivity index (χ3n) is 3.25. The standard InChI is InChI=1S/C16H14ClFN2O4/c1-19(8-9-24-13-5-2-11(18)3-6-13)16(21)14-10-12(20(22)23)4-7-15(14)17/h2-7,10H,8-9H2,1H3. The molecule has 0 heterocycles. The number of amides is 1. The second-order valence-corrected chi connectivity index (χ2v) is 5.36. The molecule has 0 fully saturated rings. The van der Waals surface area contributed by atoms with Crippen molar-refractivity contribution >= 4 is 23.2 Å². The van der Waals surface area contributed by atoms with Crippen molar-refractivity contribution in [2.75, 3.05) is 20.2 Å². The van der Waals surface area contributed by atoms with Crippen LogP contribution >= 0.6 is 11.6 Å². The van der Waals surface area contributed by atoms with E-state index in [2.05, 4.69) is 0 Å². The number of rotatable bonds is 6. The van der Waals surface area contributed by atoms with Gasteiger partial charge in [-0.25, -0.2) is 4.39 Å². The van der Waals surface area contributed by atoms with Crippen molar-refractivity contribution in [3.05, 3.63) is 69.0 Å². The van der Waals surface area contributed by atoms with E-state index in [-0.39, 0.29) is 35.2 Å². The number of benzene rings is 2.